The quantitative estimate of drug-likeness (QED) is 0.0915. The first-order chi connectivity index (χ1) is 21.9. The lowest BCUT2D eigenvalue weighted by atomic mass is 9.80. The van der Waals surface area contributed by atoms with Gasteiger partial charge < -0.3 is 18.9 Å². The van der Waals surface area contributed by atoms with Gasteiger partial charge in [-0.2, -0.15) is 0 Å². The van der Waals surface area contributed by atoms with Gasteiger partial charge in [0.15, 0.2) is 0 Å². The van der Waals surface area contributed by atoms with E-state index < -0.39 is 11.9 Å². The van der Waals surface area contributed by atoms with Crippen molar-refractivity contribution in [1.82, 2.24) is 0 Å². The lowest BCUT2D eigenvalue weighted by Gasteiger charge is -2.27. The Morgan fingerprint density at radius 1 is 0.778 bits per heavy atom. The van der Waals surface area contributed by atoms with Gasteiger partial charge in [0, 0.05) is 6.08 Å². The van der Waals surface area contributed by atoms with Gasteiger partial charge in [-0.15, -0.1) is 0 Å². The SMILES string of the molecule is C=CC(=O)OCCCCC1CCC(C(=O)Oc2ccc(OC(=O)C3CCC(CC)CC3)c(C(=O)OCc3ccccc3)c2)CC1. The molecule has 0 heterocycles. The monoisotopic (exact) mass is 618 g/mol. The molecule has 8 heteroatoms. The van der Waals surface area contributed by atoms with Crippen molar-refractivity contribution >= 4 is 23.9 Å². The van der Waals surface area contributed by atoms with E-state index in [1.807, 2.05) is 30.3 Å². The van der Waals surface area contributed by atoms with E-state index in [0.29, 0.717) is 18.4 Å². The van der Waals surface area contributed by atoms with Crippen LogP contribution in [0.25, 0.3) is 0 Å². The summed E-state index contributed by atoms with van der Waals surface area (Å²) in [6, 6.07) is 13.8. The van der Waals surface area contributed by atoms with Crippen LogP contribution in [-0.4, -0.2) is 30.5 Å². The highest BCUT2D eigenvalue weighted by atomic mass is 16.6. The average Bonchev–Trinajstić information content (AvgIpc) is 3.08. The molecule has 8 nitrogen and oxygen atoms in total. The Morgan fingerprint density at radius 2 is 1.42 bits per heavy atom. The molecule has 0 bridgehead atoms. The maximum absolute atomic E-state index is 13.2. The molecule has 2 fully saturated rings. The number of rotatable bonds is 14. The van der Waals surface area contributed by atoms with Crippen molar-refractivity contribution < 1.29 is 38.1 Å². The van der Waals surface area contributed by atoms with Crippen molar-refractivity contribution in [3.05, 3.63) is 72.3 Å². The maximum atomic E-state index is 13.2. The molecule has 0 unspecified atom stereocenters. The minimum absolute atomic E-state index is 0.0503. The van der Waals surface area contributed by atoms with Crippen molar-refractivity contribution in [2.45, 2.75) is 90.6 Å². The van der Waals surface area contributed by atoms with Gasteiger partial charge in [0.1, 0.15) is 23.7 Å². The summed E-state index contributed by atoms with van der Waals surface area (Å²) in [4.78, 5) is 50.6. The van der Waals surface area contributed by atoms with Gasteiger partial charge in [-0.3, -0.25) is 9.59 Å². The van der Waals surface area contributed by atoms with E-state index in [2.05, 4.69) is 13.5 Å². The fraction of sp³-hybridized carbons (Fsp3) is 0.514. The summed E-state index contributed by atoms with van der Waals surface area (Å²) in [7, 11) is 0. The molecular weight excluding hydrogens is 572 g/mol. The van der Waals surface area contributed by atoms with Crippen molar-refractivity contribution in [3.63, 3.8) is 0 Å². The first kappa shape index (κ1) is 33.9. The molecule has 0 aliphatic heterocycles. The fourth-order valence-electron chi connectivity index (χ4n) is 6.27. The minimum atomic E-state index is -0.658. The molecule has 2 aromatic rings. The smallest absolute Gasteiger partial charge is 0.342 e. The van der Waals surface area contributed by atoms with Crippen LogP contribution in [0.15, 0.2) is 61.2 Å². The number of unbranched alkanes of at least 4 members (excludes halogenated alkanes) is 1. The molecule has 0 radical (unpaired) electrons. The van der Waals surface area contributed by atoms with E-state index in [9.17, 15) is 19.2 Å². The van der Waals surface area contributed by atoms with Crippen LogP contribution in [0.3, 0.4) is 0 Å². The second kappa shape index (κ2) is 17.5. The molecule has 0 spiro atoms. The van der Waals surface area contributed by atoms with Crippen LogP contribution >= 0.6 is 0 Å². The van der Waals surface area contributed by atoms with Gasteiger partial charge >= 0.3 is 23.9 Å². The lowest BCUT2D eigenvalue weighted by molar-refractivity contribution is -0.141. The van der Waals surface area contributed by atoms with E-state index >= 15 is 0 Å². The molecule has 2 aliphatic carbocycles. The number of hydrogen-bond acceptors (Lipinski definition) is 8. The Hall–Kier alpha value is -3.94. The normalized spacial score (nSPS) is 21.3. The molecule has 242 valence electrons. The van der Waals surface area contributed by atoms with E-state index in [1.165, 1.54) is 18.2 Å². The van der Waals surface area contributed by atoms with Crippen LogP contribution < -0.4 is 9.47 Å². The highest BCUT2D eigenvalue weighted by molar-refractivity contribution is 5.94. The Kier molecular flexibility index (Phi) is 13.2. The summed E-state index contributed by atoms with van der Waals surface area (Å²) < 4.78 is 22.1. The number of esters is 4. The maximum Gasteiger partial charge on any atom is 0.342 e. The highest BCUT2D eigenvalue weighted by Gasteiger charge is 2.30. The van der Waals surface area contributed by atoms with Gasteiger partial charge in [-0.05, 0) is 99.8 Å². The molecule has 4 rings (SSSR count). The van der Waals surface area contributed by atoms with E-state index in [0.717, 1.165) is 82.6 Å². The fourth-order valence-corrected chi connectivity index (χ4v) is 6.27. The molecule has 2 saturated carbocycles. The van der Waals surface area contributed by atoms with Crippen LogP contribution in [-0.2, 0) is 30.5 Å². The molecule has 2 aliphatic rings. The summed E-state index contributed by atoms with van der Waals surface area (Å²) in [5.74, 6) is -0.668. The standard InChI is InChI=1S/C37H46O8/c1-3-26-13-17-30(18-14-26)36(40)45-33-22-21-31(24-32(33)37(41)43-25-28-11-6-5-7-12-28)44-35(39)29-19-15-27(16-20-29)10-8-9-23-42-34(38)4-2/h4-7,11-12,21-22,24,26-27,29-30H,2-3,8-10,13-20,23,25H2,1H3. The predicted molar refractivity (Wildman–Crippen MR) is 169 cm³/mol. The molecule has 0 amide bonds. The van der Waals surface area contributed by atoms with E-state index in [-0.39, 0.29) is 47.4 Å². The number of carbonyl (C=O) groups is 4. The van der Waals surface area contributed by atoms with E-state index in [4.69, 9.17) is 18.9 Å². The van der Waals surface area contributed by atoms with Crippen molar-refractivity contribution in [1.29, 1.82) is 0 Å². The van der Waals surface area contributed by atoms with Gasteiger partial charge in [0.2, 0.25) is 0 Å². The number of carbonyl (C=O) groups excluding carboxylic acids is 4. The molecule has 2 aromatic carbocycles. The number of hydrogen-bond donors (Lipinski definition) is 0. The van der Waals surface area contributed by atoms with Gasteiger partial charge in [-0.1, -0.05) is 56.7 Å². The largest absolute Gasteiger partial charge is 0.463 e. The first-order valence-electron chi connectivity index (χ1n) is 16.4. The van der Waals surface area contributed by atoms with Crippen LogP contribution in [0.1, 0.15) is 99.9 Å². The minimum Gasteiger partial charge on any atom is -0.463 e. The topological polar surface area (TPSA) is 105 Å². The van der Waals surface area contributed by atoms with Gasteiger partial charge in [0.25, 0.3) is 0 Å². The second-order valence-corrected chi connectivity index (χ2v) is 12.3. The molecule has 0 aromatic heterocycles. The lowest BCUT2D eigenvalue weighted by Crippen LogP contribution is -2.26. The second-order valence-electron chi connectivity index (χ2n) is 12.3. The molecular formula is C37H46O8. The zero-order valence-electron chi connectivity index (χ0n) is 26.4. The zero-order chi connectivity index (χ0) is 32.0. The van der Waals surface area contributed by atoms with Crippen LogP contribution in [0.2, 0.25) is 0 Å². The van der Waals surface area contributed by atoms with Gasteiger partial charge in [-0.25, -0.2) is 9.59 Å². The Morgan fingerprint density at radius 3 is 2.07 bits per heavy atom. The third-order valence-electron chi connectivity index (χ3n) is 9.17. The zero-order valence-corrected chi connectivity index (χ0v) is 26.4. The molecule has 0 atom stereocenters. The summed E-state index contributed by atoms with van der Waals surface area (Å²) in [5.41, 5.74) is 0.876. The van der Waals surface area contributed by atoms with Gasteiger partial charge in [0.05, 0.1) is 18.4 Å². The van der Waals surface area contributed by atoms with E-state index in [1.54, 1.807) is 6.07 Å². The Labute approximate surface area is 266 Å². The summed E-state index contributed by atoms with van der Waals surface area (Å²) in [6.45, 7) is 6.02. The molecule has 0 saturated heterocycles. The highest BCUT2D eigenvalue weighted by Crippen LogP contribution is 2.35. The van der Waals surface area contributed by atoms with Crippen LogP contribution in [0.5, 0.6) is 11.5 Å². The summed E-state index contributed by atoms with van der Waals surface area (Å²) >= 11 is 0. The van der Waals surface area contributed by atoms with Crippen LogP contribution in [0.4, 0.5) is 0 Å². The predicted octanol–water partition coefficient (Wildman–Crippen LogP) is 7.78. The Bertz CT molecular complexity index is 1290. The van der Waals surface area contributed by atoms with Crippen molar-refractivity contribution in [2.24, 2.45) is 23.7 Å². The average molecular weight is 619 g/mol. The molecule has 45 heavy (non-hydrogen) atoms. The van der Waals surface area contributed by atoms with Crippen molar-refractivity contribution in [3.8, 4) is 11.5 Å². The molecule has 0 N–H and O–H groups in total. The first-order valence-corrected chi connectivity index (χ1v) is 16.4. The Balaban J connectivity index is 1.34. The number of ether oxygens (including phenoxy) is 4. The number of benzene rings is 2. The van der Waals surface area contributed by atoms with Crippen molar-refractivity contribution in [2.75, 3.05) is 6.61 Å². The summed E-state index contributed by atoms with van der Waals surface area (Å²) in [5, 5.41) is 0. The summed E-state index contributed by atoms with van der Waals surface area (Å²) in [6.07, 6.45) is 11.9. The third kappa shape index (κ3) is 10.6. The van der Waals surface area contributed by atoms with Crippen LogP contribution in [0, 0.1) is 23.7 Å². The third-order valence-corrected chi connectivity index (χ3v) is 9.17.